The van der Waals surface area contributed by atoms with Crippen LogP contribution in [0.3, 0.4) is 0 Å². The van der Waals surface area contributed by atoms with E-state index >= 15 is 0 Å². The Morgan fingerprint density at radius 2 is 2.47 bits per heavy atom. The maximum absolute atomic E-state index is 11.8. The maximum atomic E-state index is 11.8. The van der Waals surface area contributed by atoms with Crippen molar-refractivity contribution in [1.82, 2.24) is 4.90 Å². The van der Waals surface area contributed by atoms with Crippen molar-refractivity contribution in [3.05, 3.63) is 16.8 Å². The van der Waals surface area contributed by atoms with Gasteiger partial charge in [0.15, 0.2) is 0 Å². The molecule has 0 unspecified atom stereocenters. The number of rotatable bonds is 4. The van der Waals surface area contributed by atoms with Gasteiger partial charge < -0.3 is 15.3 Å². The van der Waals surface area contributed by atoms with Gasteiger partial charge in [0.2, 0.25) is 0 Å². The summed E-state index contributed by atoms with van der Waals surface area (Å²) in [5.41, 5.74) is 0.827. The molecule has 0 radical (unpaired) electrons. The summed E-state index contributed by atoms with van der Waals surface area (Å²) in [5, 5.41) is 15.5. The molecular weight excluding hydrogens is 212 g/mol. The Labute approximate surface area is 92.5 Å². The van der Waals surface area contributed by atoms with Gasteiger partial charge in [0.1, 0.15) is 0 Å². The van der Waals surface area contributed by atoms with Gasteiger partial charge >= 0.3 is 6.03 Å². The van der Waals surface area contributed by atoms with Crippen LogP contribution in [0, 0.1) is 0 Å². The van der Waals surface area contributed by atoms with E-state index in [1.807, 2.05) is 16.8 Å². The summed E-state index contributed by atoms with van der Waals surface area (Å²) in [5.74, 6) is 0. The van der Waals surface area contributed by atoms with E-state index in [1.165, 1.54) is 0 Å². The van der Waals surface area contributed by atoms with E-state index in [4.69, 9.17) is 5.11 Å². The highest BCUT2D eigenvalue weighted by molar-refractivity contribution is 7.08. The van der Waals surface area contributed by atoms with Gasteiger partial charge in [-0.2, -0.15) is 11.3 Å². The zero-order valence-corrected chi connectivity index (χ0v) is 9.17. The van der Waals surface area contributed by atoms with Gasteiger partial charge in [-0.3, -0.25) is 0 Å². The summed E-state index contributed by atoms with van der Waals surface area (Å²) >= 11 is 1.55. The SMILES string of the molecule is O=C(Nc1ccsc1)N(CCO)C1CC1. The zero-order chi connectivity index (χ0) is 10.7. The number of aliphatic hydroxyl groups is 1. The number of urea groups is 1. The molecule has 1 saturated carbocycles. The van der Waals surface area contributed by atoms with Crippen molar-refractivity contribution in [3.63, 3.8) is 0 Å². The summed E-state index contributed by atoms with van der Waals surface area (Å²) in [7, 11) is 0. The molecule has 0 saturated heterocycles. The second-order valence-electron chi connectivity index (χ2n) is 3.59. The molecule has 0 aromatic carbocycles. The summed E-state index contributed by atoms with van der Waals surface area (Å²) < 4.78 is 0. The topological polar surface area (TPSA) is 52.6 Å². The molecule has 5 heteroatoms. The molecule has 15 heavy (non-hydrogen) atoms. The summed E-state index contributed by atoms with van der Waals surface area (Å²) in [6.07, 6.45) is 2.11. The lowest BCUT2D eigenvalue weighted by Gasteiger charge is -2.21. The molecule has 1 aromatic rings. The molecule has 1 aliphatic carbocycles. The monoisotopic (exact) mass is 226 g/mol. The molecule has 1 aliphatic rings. The van der Waals surface area contributed by atoms with E-state index < -0.39 is 0 Å². The first kappa shape index (κ1) is 10.4. The van der Waals surface area contributed by atoms with Crippen LogP contribution in [-0.2, 0) is 0 Å². The molecule has 2 rings (SSSR count). The molecule has 0 aliphatic heterocycles. The highest BCUT2D eigenvalue weighted by Gasteiger charge is 2.32. The first-order chi connectivity index (χ1) is 7.31. The lowest BCUT2D eigenvalue weighted by atomic mass is 10.4. The van der Waals surface area contributed by atoms with Gasteiger partial charge in [0.05, 0.1) is 12.3 Å². The lowest BCUT2D eigenvalue weighted by Crippen LogP contribution is -2.38. The molecule has 1 fully saturated rings. The second-order valence-corrected chi connectivity index (χ2v) is 4.37. The Hall–Kier alpha value is -1.07. The van der Waals surface area contributed by atoms with Crippen molar-refractivity contribution in [2.45, 2.75) is 18.9 Å². The van der Waals surface area contributed by atoms with Crippen LogP contribution in [0.2, 0.25) is 0 Å². The number of carbonyl (C=O) groups excluding carboxylic acids is 1. The van der Waals surface area contributed by atoms with Crippen molar-refractivity contribution in [3.8, 4) is 0 Å². The van der Waals surface area contributed by atoms with Crippen molar-refractivity contribution in [2.24, 2.45) is 0 Å². The van der Waals surface area contributed by atoms with Gasteiger partial charge in [-0.05, 0) is 24.3 Å². The molecule has 0 spiro atoms. The van der Waals surface area contributed by atoms with Crippen LogP contribution in [-0.4, -0.2) is 35.2 Å². The van der Waals surface area contributed by atoms with Crippen molar-refractivity contribution in [1.29, 1.82) is 0 Å². The average molecular weight is 226 g/mol. The van der Waals surface area contributed by atoms with E-state index in [2.05, 4.69) is 5.32 Å². The molecule has 2 N–H and O–H groups in total. The lowest BCUT2D eigenvalue weighted by molar-refractivity contribution is 0.185. The van der Waals surface area contributed by atoms with E-state index in [0.29, 0.717) is 12.6 Å². The van der Waals surface area contributed by atoms with Gasteiger partial charge in [0.25, 0.3) is 0 Å². The highest BCUT2D eigenvalue weighted by atomic mass is 32.1. The molecule has 2 amide bonds. The number of hydrogen-bond acceptors (Lipinski definition) is 3. The van der Waals surface area contributed by atoms with Crippen LogP contribution in [0.1, 0.15) is 12.8 Å². The summed E-state index contributed by atoms with van der Waals surface area (Å²) in [6.45, 7) is 0.439. The maximum Gasteiger partial charge on any atom is 0.322 e. The van der Waals surface area contributed by atoms with Crippen LogP contribution in [0.25, 0.3) is 0 Å². The Balaban J connectivity index is 1.92. The normalized spacial score (nSPS) is 15.0. The molecule has 1 aromatic heterocycles. The Bertz CT molecular complexity index is 322. The number of nitrogens with zero attached hydrogens (tertiary/aromatic N) is 1. The number of aliphatic hydroxyl groups excluding tert-OH is 1. The third kappa shape index (κ3) is 2.70. The number of hydrogen-bond donors (Lipinski definition) is 2. The molecule has 4 nitrogen and oxygen atoms in total. The second kappa shape index (κ2) is 4.63. The standard InChI is InChI=1S/C10H14N2O2S/c13-5-4-12(9-1-2-9)10(14)11-8-3-6-15-7-8/h3,6-7,9,13H,1-2,4-5H2,(H,11,14). The van der Waals surface area contributed by atoms with Crippen LogP contribution >= 0.6 is 11.3 Å². The fourth-order valence-electron chi connectivity index (χ4n) is 1.47. The van der Waals surface area contributed by atoms with Crippen molar-refractivity contribution >= 4 is 23.1 Å². The molecular formula is C10H14N2O2S. The molecule has 82 valence electrons. The number of anilines is 1. The predicted molar refractivity (Wildman–Crippen MR) is 60.2 cm³/mol. The van der Waals surface area contributed by atoms with Gasteiger partial charge in [-0.1, -0.05) is 0 Å². The fraction of sp³-hybridized carbons (Fsp3) is 0.500. The van der Waals surface area contributed by atoms with E-state index in [1.54, 1.807) is 16.2 Å². The number of thiophene rings is 1. The first-order valence-electron chi connectivity index (χ1n) is 5.02. The van der Waals surface area contributed by atoms with Crippen LogP contribution in [0.4, 0.5) is 10.5 Å². The molecule has 0 atom stereocenters. The van der Waals surface area contributed by atoms with E-state index in [-0.39, 0.29) is 12.6 Å². The largest absolute Gasteiger partial charge is 0.395 e. The number of carbonyl (C=O) groups is 1. The zero-order valence-electron chi connectivity index (χ0n) is 8.35. The molecule has 1 heterocycles. The third-order valence-corrected chi connectivity index (χ3v) is 3.05. The minimum absolute atomic E-state index is 0.0214. The van der Waals surface area contributed by atoms with Gasteiger partial charge in [-0.15, -0.1) is 0 Å². The van der Waals surface area contributed by atoms with Crippen LogP contribution in [0.15, 0.2) is 16.8 Å². The predicted octanol–water partition coefficient (Wildman–Crippen LogP) is 1.74. The average Bonchev–Trinajstić information content (AvgIpc) is 2.93. The van der Waals surface area contributed by atoms with Gasteiger partial charge in [0, 0.05) is 18.0 Å². The van der Waals surface area contributed by atoms with Crippen LogP contribution < -0.4 is 5.32 Å². The van der Waals surface area contributed by atoms with Crippen LogP contribution in [0.5, 0.6) is 0 Å². The van der Waals surface area contributed by atoms with E-state index in [0.717, 1.165) is 18.5 Å². The third-order valence-electron chi connectivity index (χ3n) is 2.36. The minimum Gasteiger partial charge on any atom is -0.395 e. The highest BCUT2D eigenvalue weighted by Crippen LogP contribution is 2.27. The fourth-order valence-corrected chi connectivity index (χ4v) is 2.06. The minimum atomic E-state index is -0.107. The van der Waals surface area contributed by atoms with Gasteiger partial charge in [-0.25, -0.2) is 4.79 Å². The van der Waals surface area contributed by atoms with Crippen molar-refractivity contribution < 1.29 is 9.90 Å². The summed E-state index contributed by atoms with van der Waals surface area (Å²) in [4.78, 5) is 13.5. The number of nitrogens with one attached hydrogen (secondary N) is 1. The quantitative estimate of drug-likeness (QED) is 0.821. The Kier molecular flexibility index (Phi) is 3.23. The Morgan fingerprint density at radius 1 is 1.67 bits per heavy atom. The smallest absolute Gasteiger partial charge is 0.322 e. The van der Waals surface area contributed by atoms with Crippen molar-refractivity contribution in [2.75, 3.05) is 18.5 Å². The molecule has 0 bridgehead atoms. The number of amides is 2. The van der Waals surface area contributed by atoms with E-state index in [9.17, 15) is 4.79 Å². The first-order valence-corrected chi connectivity index (χ1v) is 5.96. The Morgan fingerprint density at radius 3 is 3.00 bits per heavy atom. The summed E-state index contributed by atoms with van der Waals surface area (Å²) in [6, 6.07) is 2.09.